The lowest BCUT2D eigenvalue weighted by Gasteiger charge is -2.26. The van der Waals surface area contributed by atoms with Gasteiger partial charge in [-0.25, -0.2) is 8.42 Å². The van der Waals surface area contributed by atoms with Crippen molar-refractivity contribution in [2.75, 3.05) is 24.2 Å². The van der Waals surface area contributed by atoms with Gasteiger partial charge in [0, 0.05) is 18.8 Å². The minimum atomic E-state index is -3.72. The topological polar surface area (TPSA) is 110 Å². The molecule has 0 spiro atoms. The highest BCUT2D eigenvalue weighted by molar-refractivity contribution is 7.99. The molecule has 1 fully saturated rings. The van der Waals surface area contributed by atoms with Crippen LogP contribution in [0.3, 0.4) is 0 Å². The number of amides is 1. The Morgan fingerprint density at radius 1 is 1.09 bits per heavy atom. The lowest BCUT2D eigenvalue weighted by Crippen LogP contribution is -2.35. The summed E-state index contributed by atoms with van der Waals surface area (Å²) < 4.78 is 29.0. The fraction of sp³-hybridized carbons (Fsp3) is 0.300. The summed E-state index contributed by atoms with van der Waals surface area (Å²) in [5, 5.41) is 14.9. The second-order valence-electron chi connectivity index (χ2n) is 7.16. The molecule has 3 aromatic rings. The van der Waals surface area contributed by atoms with Gasteiger partial charge in [0.1, 0.15) is 4.90 Å². The summed E-state index contributed by atoms with van der Waals surface area (Å²) in [4.78, 5) is 12.5. The quantitative estimate of drug-likeness (QED) is 0.504. The van der Waals surface area contributed by atoms with Crippen molar-refractivity contribution >= 4 is 45.0 Å². The van der Waals surface area contributed by atoms with Gasteiger partial charge >= 0.3 is 0 Å². The SMILES string of the molecule is O=C(CSc1nnnn1-c1ccccc1)Nc1ccc(Cl)c(S(=O)(=O)N2CCCCC2)c1. The summed E-state index contributed by atoms with van der Waals surface area (Å²) in [7, 11) is -3.72. The van der Waals surface area contributed by atoms with Gasteiger partial charge in [-0.15, -0.1) is 5.10 Å². The Bertz CT molecular complexity index is 1200. The van der Waals surface area contributed by atoms with Crippen molar-refractivity contribution in [3.05, 3.63) is 53.6 Å². The average Bonchev–Trinajstić information content (AvgIpc) is 3.29. The molecule has 2 aromatic carbocycles. The molecule has 168 valence electrons. The van der Waals surface area contributed by atoms with Crippen LogP contribution in [0.4, 0.5) is 5.69 Å². The zero-order valence-electron chi connectivity index (χ0n) is 17.0. The van der Waals surface area contributed by atoms with Crippen molar-refractivity contribution < 1.29 is 13.2 Å². The van der Waals surface area contributed by atoms with E-state index in [1.165, 1.54) is 28.2 Å². The molecule has 0 saturated carbocycles. The number of nitrogens with one attached hydrogen (secondary N) is 1. The predicted molar refractivity (Wildman–Crippen MR) is 123 cm³/mol. The van der Waals surface area contributed by atoms with Gasteiger partial charge in [0.25, 0.3) is 0 Å². The van der Waals surface area contributed by atoms with Crippen LogP contribution in [-0.2, 0) is 14.8 Å². The third-order valence-electron chi connectivity index (χ3n) is 4.92. The first kappa shape index (κ1) is 22.7. The van der Waals surface area contributed by atoms with Gasteiger partial charge in [-0.3, -0.25) is 4.79 Å². The van der Waals surface area contributed by atoms with Gasteiger partial charge in [0.2, 0.25) is 21.1 Å². The molecule has 4 rings (SSSR count). The standard InChI is InChI=1S/C20H21ClN6O3S2/c21-17-10-9-15(13-18(17)32(29,30)26-11-5-2-6-12-26)22-19(28)14-31-20-23-24-25-27(20)16-7-3-1-4-8-16/h1,3-4,7-10,13H,2,5-6,11-12,14H2,(H,22,28). The van der Waals surface area contributed by atoms with Crippen LogP contribution in [0.25, 0.3) is 5.69 Å². The first-order chi connectivity index (χ1) is 15.4. The Kier molecular flexibility index (Phi) is 7.09. The lowest BCUT2D eigenvalue weighted by atomic mass is 10.2. The average molecular weight is 493 g/mol. The van der Waals surface area contributed by atoms with Gasteiger partial charge in [0.15, 0.2) is 0 Å². The van der Waals surface area contributed by atoms with Crippen molar-refractivity contribution in [1.82, 2.24) is 24.5 Å². The maximum atomic E-state index is 13.0. The van der Waals surface area contributed by atoms with Crippen molar-refractivity contribution in [2.24, 2.45) is 0 Å². The Hall–Kier alpha value is -2.47. The van der Waals surface area contributed by atoms with Gasteiger partial charge in [-0.2, -0.15) is 8.99 Å². The van der Waals surface area contributed by atoms with Crippen LogP contribution >= 0.6 is 23.4 Å². The Morgan fingerprint density at radius 2 is 1.84 bits per heavy atom. The molecule has 1 aromatic heterocycles. The molecule has 1 aliphatic heterocycles. The highest BCUT2D eigenvalue weighted by Gasteiger charge is 2.28. The zero-order chi connectivity index (χ0) is 22.6. The van der Waals surface area contributed by atoms with Crippen molar-refractivity contribution in [2.45, 2.75) is 29.3 Å². The molecule has 32 heavy (non-hydrogen) atoms. The van der Waals surface area contributed by atoms with Crippen LogP contribution in [0.1, 0.15) is 19.3 Å². The van der Waals surface area contributed by atoms with E-state index in [-0.39, 0.29) is 21.6 Å². The van der Waals surface area contributed by atoms with Gasteiger partial charge in [-0.05, 0) is 53.6 Å². The van der Waals surface area contributed by atoms with E-state index in [2.05, 4.69) is 20.8 Å². The van der Waals surface area contributed by atoms with Crippen LogP contribution in [0.2, 0.25) is 5.02 Å². The number of carbonyl (C=O) groups excluding carboxylic acids is 1. The molecule has 0 aliphatic carbocycles. The molecule has 0 unspecified atom stereocenters. The van der Waals surface area contributed by atoms with Crippen molar-refractivity contribution in [3.63, 3.8) is 0 Å². The number of sulfonamides is 1. The molecular weight excluding hydrogens is 472 g/mol. The molecule has 0 atom stereocenters. The van der Waals surface area contributed by atoms with E-state index in [0.717, 1.165) is 24.9 Å². The number of para-hydroxylation sites is 1. The number of tetrazole rings is 1. The molecule has 0 radical (unpaired) electrons. The normalized spacial score (nSPS) is 14.9. The van der Waals surface area contributed by atoms with Crippen LogP contribution in [0, 0.1) is 0 Å². The summed E-state index contributed by atoms with van der Waals surface area (Å²) >= 11 is 7.37. The number of hydrogen-bond acceptors (Lipinski definition) is 7. The number of nitrogens with zero attached hydrogens (tertiary/aromatic N) is 5. The highest BCUT2D eigenvalue weighted by atomic mass is 35.5. The highest BCUT2D eigenvalue weighted by Crippen LogP contribution is 2.29. The fourth-order valence-corrected chi connectivity index (χ4v) is 6.06. The molecule has 9 nitrogen and oxygen atoms in total. The molecule has 1 saturated heterocycles. The second kappa shape index (κ2) is 9.99. The smallest absolute Gasteiger partial charge is 0.244 e. The van der Waals surface area contributed by atoms with Crippen molar-refractivity contribution in [3.8, 4) is 5.69 Å². The van der Waals surface area contributed by atoms with Gasteiger partial charge in [0.05, 0.1) is 16.5 Å². The maximum Gasteiger partial charge on any atom is 0.244 e. The lowest BCUT2D eigenvalue weighted by molar-refractivity contribution is -0.113. The Balaban J connectivity index is 1.43. The monoisotopic (exact) mass is 492 g/mol. The van der Waals surface area contributed by atoms with E-state index in [1.807, 2.05) is 30.3 Å². The van der Waals surface area contributed by atoms with Crippen molar-refractivity contribution in [1.29, 1.82) is 0 Å². The number of rotatable bonds is 7. The van der Waals surface area contributed by atoms with Crippen LogP contribution in [0.5, 0.6) is 0 Å². The minimum Gasteiger partial charge on any atom is -0.325 e. The molecule has 0 bridgehead atoms. The predicted octanol–water partition coefficient (Wildman–Crippen LogP) is 3.22. The fourth-order valence-electron chi connectivity index (χ4n) is 3.35. The van der Waals surface area contributed by atoms with Gasteiger partial charge < -0.3 is 5.32 Å². The molecular formula is C20H21ClN6O3S2. The number of piperidine rings is 1. The molecule has 12 heteroatoms. The minimum absolute atomic E-state index is 0.000426. The third kappa shape index (κ3) is 5.12. The van der Waals surface area contributed by atoms with Gasteiger partial charge in [-0.1, -0.05) is 48.0 Å². The van der Waals surface area contributed by atoms with Crippen LogP contribution < -0.4 is 5.32 Å². The molecule has 1 N–H and O–H groups in total. The first-order valence-corrected chi connectivity index (χ1v) is 12.8. The van der Waals surface area contributed by atoms with E-state index in [1.54, 1.807) is 10.7 Å². The van der Waals surface area contributed by atoms with E-state index in [9.17, 15) is 13.2 Å². The number of carbonyl (C=O) groups is 1. The maximum absolute atomic E-state index is 13.0. The number of halogens is 1. The number of benzene rings is 2. The number of hydrogen-bond donors (Lipinski definition) is 1. The number of anilines is 1. The van der Waals surface area contributed by atoms with E-state index in [4.69, 9.17) is 11.6 Å². The summed E-state index contributed by atoms with van der Waals surface area (Å²) in [6.07, 6.45) is 2.67. The Morgan fingerprint density at radius 3 is 2.59 bits per heavy atom. The molecule has 1 aliphatic rings. The second-order valence-corrected chi connectivity index (χ2v) is 10.4. The first-order valence-electron chi connectivity index (χ1n) is 10.0. The molecule has 2 heterocycles. The summed E-state index contributed by atoms with van der Waals surface area (Å²) in [5.74, 6) is -0.273. The van der Waals surface area contributed by atoms with Crippen LogP contribution in [0.15, 0.2) is 58.6 Å². The van der Waals surface area contributed by atoms with E-state index < -0.39 is 10.0 Å². The van der Waals surface area contributed by atoms with E-state index >= 15 is 0 Å². The van der Waals surface area contributed by atoms with Crippen LogP contribution in [-0.4, -0.2) is 57.7 Å². The third-order valence-corrected chi connectivity index (χ3v) is 8.22. The zero-order valence-corrected chi connectivity index (χ0v) is 19.4. The number of thioether (sulfide) groups is 1. The van der Waals surface area contributed by atoms with E-state index in [0.29, 0.717) is 23.9 Å². The Labute approximate surface area is 195 Å². The molecule has 1 amide bonds. The summed E-state index contributed by atoms with van der Waals surface area (Å²) in [5.41, 5.74) is 1.14. The number of aromatic nitrogens is 4. The summed E-state index contributed by atoms with van der Waals surface area (Å²) in [6, 6.07) is 13.8. The summed E-state index contributed by atoms with van der Waals surface area (Å²) in [6.45, 7) is 0.948. The largest absolute Gasteiger partial charge is 0.325 e.